The quantitative estimate of drug-likeness (QED) is 0.490. The van der Waals surface area contributed by atoms with Gasteiger partial charge in [-0.15, -0.1) is 0 Å². The molecular formula is C27H29N3O5. The Kier molecular flexibility index (Phi) is 7.82. The van der Waals surface area contributed by atoms with Crippen molar-refractivity contribution in [3.05, 3.63) is 84.3 Å². The van der Waals surface area contributed by atoms with Crippen molar-refractivity contribution < 1.29 is 23.5 Å². The van der Waals surface area contributed by atoms with E-state index in [0.29, 0.717) is 17.0 Å². The third kappa shape index (κ3) is 5.90. The monoisotopic (exact) mass is 475 g/mol. The van der Waals surface area contributed by atoms with Crippen molar-refractivity contribution in [1.29, 1.82) is 0 Å². The average molecular weight is 476 g/mol. The molecule has 2 N–H and O–H groups in total. The summed E-state index contributed by atoms with van der Waals surface area (Å²) >= 11 is 0. The molecule has 2 aromatic carbocycles. The minimum Gasteiger partial charge on any atom is -0.497 e. The fraction of sp³-hybridized carbons (Fsp3) is 0.296. The summed E-state index contributed by atoms with van der Waals surface area (Å²) in [6.45, 7) is -0.323. The van der Waals surface area contributed by atoms with E-state index in [2.05, 4.69) is 10.6 Å². The fourth-order valence-corrected chi connectivity index (χ4v) is 4.34. The van der Waals surface area contributed by atoms with Gasteiger partial charge >= 0.3 is 0 Å². The lowest BCUT2D eigenvalue weighted by atomic mass is 10.0. The van der Waals surface area contributed by atoms with Gasteiger partial charge in [0.2, 0.25) is 11.8 Å². The number of hydrogen-bond donors (Lipinski definition) is 2. The van der Waals surface area contributed by atoms with Gasteiger partial charge in [0.1, 0.15) is 11.8 Å². The van der Waals surface area contributed by atoms with Crippen LogP contribution in [0.15, 0.2) is 77.4 Å². The molecule has 0 radical (unpaired) electrons. The van der Waals surface area contributed by atoms with Crippen LogP contribution in [0.25, 0.3) is 0 Å². The predicted molar refractivity (Wildman–Crippen MR) is 131 cm³/mol. The molecule has 4 rings (SSSR count). The maximum atomic E-state index is 13.7. The van der Waals surface area contributed by atoms with Crippen LogP contribution in [0.1, 0.15) is 47.8 Å². The molecule has 1 heterocycles. The highest BCUT2D eigenvalue weighted by Gasteiger charge is 2.34. The number of anilines is 1. The number of hydrogen-bond acceptors (Lipinski definition) is 5. The minimum atomic E-state index is -0.933. The van der Waals surface area contributed by atoms with Crippen LogP contribution in [0, 0.1) is 0 Å². The highest BCUT2D eigenvalue weighted by molar-refractivity contribution is 6.04. The van der Waals surface area contributed by atoms with Crippen molar-refractivity contribution in [3.63, 3.8) is 0 Å². The second-order valence-corrected chi connectivity index (χ2v) is 8.43. The van der Waals surface area contributed by atoms with Gasteiger partial charge in [0.05, 0.1) is 19.9 Å². The number of amides is 3. The van der Waals surface area contributed by atoms with Gasteiger partial charge < -0.3 is 19.8 Å². The van der Waals surface area contributed by atoms with E-state index in [-0.39, 0.29) is 24.3 Å². The molecular weight excluding hydrogens is 446 g/mol. The number of ether oxygens (including phenoxy) is 1. The molecule has 35 heavy (non-hydrogen) atoms. The topological polar surface area (TPSA) is 101 Å². The molecule has 0 bridgehead atoms. The van der Waals surface area contributed by atoms with E-state index in [1.165, 1.54) is 24.3 Å². The SMILES string of the molecule is COc1cccc(N(C(=O)CNC(=O)c2ccco2)[C@@H](C(=O)NC2CCCC2)c2ccccc2)c1. The molecule has 1 aliphatic carbocycles. The van der Waals surface area contributed by atoms with Crippen molar-refractivity contribution >= 4 is 23.4 Å². The number of benzene rings is 2. The molecule has 0 saturated heterocycles. The Bertz CT molecular complexity index is 1140. The summed E-state index contributed by atoms with van der Waals surface area (Å²) in [7, 11) is 1.54. The molecule has 1 atom stereocenters. The Balaban J connectivity index is 1.68. The first kappa shape index (κ1) is 24.1. The van der Waals surface area contributed by atoms with Crippen molar-refractivity contribution in [2.24, 2.45) is 0 Å². The molecule has 3 aromatic rings. The number of carbonyl (C=O) groups excluding carboxylic acids is 3. The van der Waals surface area contributed by atoms with Gasteiger partial charge in [-0.25, -0.2) is 0 Å². The zero-order valence-electron chi connectivity index (χ0n) is 19.6. The summed E-state index contributed by atoms with van der Waals surface area (Å²) in [6.07, 6.45) is 5.35. The predicted octanol–water partition coefficient (Wildman–Crippen LogP) is 3.85. The van der Waals surface area contributed by atoms with E-state index >= 15 is 0 Å². The third-order valence-electron chi connectivity index (χ3n) is 6.07. The van der Waals surface area contributed by atoms with Crippen LogP contribution in [0.5, 0.6) is 5.75 Å². The Morgan fingerprint density at radius 2 is 1.80 bits per heavy atom. The molecule has 8 heteroatoms. The Labute approximate surface area is 204 Å². The number of furan rings is 1. The van der Waals surface area contributed by atoms with E-state index in [4.69, 9.17) is 9.15 Å². The summed E-state index contributed by atoms with van der Waals surface area (Å²) < 4.78 is 10.5. The number of rotatable bonds is 9. The summed E-state index contributed by atoms with van der Waals surface area (Å²) in [5, 5.41) is 5.73. The highest BCUT2D eigenvalue weighted by Crippen LogP contribution is 2.31. The van der Waals surface area contributed by atoms with Gasteiger partial charge in [-0.2, -0.15) is 0 Å². The molecule has 0 unspecified atom stereocenters. The number of nitrogens with one attached hydrogen (secondary N) is 2. The zero-order valence-corrected chi connectivity index (χ0v) is 19.6. The van der Waals surface area contributed by atoms with Gasteiger partial charge in [0.25, 0.3) is 5.91 Å². The van der Waals surface area contributed by atoms with Crippen LogP contribution >= 0.6 is 0 Å². The van der Waals surface area contributed by atoms with Crippen molar-refractivity contribution in [3.8, 4) is 5.75 Å². The van der Waals surface area contributed by atoms with E-state index in [0.717, 1.165) is 25.7 Å². The van der Waals surface area contributed by atoms with Crippen molar-refractivity contribution in [1.82, 2.24) is 10.6 Å². The van der Waals surface area contributed by atoms with Gasteiger partial charge in [0, 0.05) is 17.8 Å². The number of nitrogens with zero attached hydrogens (tertiary/aromatic N) is 1. The van der Waals surface area contributed by atoms with Crippen molar-refractivity contribution in [2.75, 3.05) is 18.6 Å². The van der Waals surface area contributed by atoms with Gasteiger partial charge in [-0.05, 0) is 42.7 Å². The molecule has 3 amide bonds. The summed E-state index contributed by atoms with van der Waals surface area (Å²) in [6, 6.07) is 18.4. The van der Waals surface area contributed by atoms with E-state index in [1.54, 1.807) is 30.3 Å². The van der Waals surface area contributed by atoms with Crippen LogP contribution in [0.3, 0.4) is 0 Å². The lowest BCUT2D eigenvalue weighted by Crippen LogP contribution is -2.49. The first-order chi connectivity index (χ1) is 17.1. The smallest absolute Gasteiger partial charge is 0.287 e. The van der Waals surface area contributed by atoms with E-state index in [1.807, 2.05) is 30.3 Å². The van der Waals surface area contributed by atoms with Crippen LogP contribution in [0.4, 0.5) is 5.69 Å². The molecule has 1 fully saturated rings. The van der Waals surface area contributed by atoms with Gasteiger partial charge in [-0.3, -0.25) is 19.3 Å². The highest BCUT2D eigenvalue weighted by atomic mass is 16.5. The maximum absolute atomic E-state index is 13.7. The molecule has 0 aliphatic heterocycles. The van der Waals surface area contributed by atoms with Gasteiger partial charge in [0.15, 0.2) is 5.76 Å². The largest absolute Gasteiger partial charge is 0.497 e. The summed E-state index contributed by atoms with van der Waals surface area (Å²) in [5.74, 6) is -0.585. The maximum Gasteiger partial charge on any atom is 0.287 e. The summed E-state index contributed by atoms with van der Waals surface area (Å²) in [4.78, 5) is 41.1. The number of carbonyl (C=O) groups is 3. The lowest BCUT2D eigenvalue weighted by molar-refractivity contribution is -0.126. The molecule has 182 valence electrons. The zero-order chi connectivity index (χ0) is 24.6. The average Bonchev–Trinajstić information content (AvgIpc) is 3.61. The molecule has 8 nitrogen and oxygen atoms in total. The van der Waals surface area contributed by atoms with Crippen LogP contribution in [-0.4, -0.2) is 37.4 Å². The fourth-order valence-electron chi connectivity index (χ4n) is 4.34. The second kappa shape index (κ2) is 11.4. The van der Waals surface area contributed by atoms with Crippen molar-refractivity contribution in [2.45, 2.75) is 37.8 Å². The van der Waals surface area contributed by atoms with E-state index < -0.39 is 17.9 Å². The first-order valence-corrected chi connectivity index (χ1v) is 11.7. The molecule has 0 spiro atoms. The third-order valence-corrected chi connectivity index (χ3v) is 6.07. The Morgan fingerprint density at radius 1 is 1.03 bits per heavy atom. The lowest BCUT2D eigenvalue weighted by Gasteiger charge is -2.32. The molecule has 1 aromatic heterocycles. The minimum absolute atomic E-state index is 0.0784. The summed E-state index contributed by atoms with van der Waals surface area (Å²) in [5.41, 5.74) is 1.15. The van der Waals surface area contributed by atoms with Crippen LogP contribution < -0.4 is 20.3 Å². The second-order valence-electron chi connectivity index (χ2n) is 8.43. The molecule has 1 aliphatic rings. The van der Waals surface area contributed by atoms with E-state index in [9.17, 15) is 14.4 Å². The van der Waals surface area contributed by atoms with Crippen LogP contribution in [0.2, 0.25) is 0 Å². The Morgan fingerprint density at radius 3 is 2.49 bits per heavy atom. The Hall–Kier alpha value is -4.07. The standard InChI is InChI=1S/C27H29N3O5/c1-34-22-14-7-13-21(17-22)30(24(31)18-28-26(32)23-15-8-16-35-23)25(19-9-3-2-4-10-19)27(33)29-20-11-5-6-12-20/h2-4,7-10,13-17,20,25H,5-6,11-12,18H2,1H3,(H,28,32)(H,29,33)/t25-/m1/s1. The number of methoxy groups -OCH3 is 1. The van der Waals surface area contributed by atoms with Gasteiger partial charge in [-0.1, -0.05) is 49.2 Å². The van der Waals surface area contributed by atoms with Crippen LogP contribution in [-0.2, 0) is 9.59 Å². The first-order valence-electron chi connectivity index (χ1n) is 11.7. The molecule has 1 saturated carbocycles. The normalized spacial score (nSPS) is 14.2.